The summed E-state index contributed by atoms with van der Waals surface area (Å²) >= 11 is 0. The topological polar surface area (TPSA) is 190 Å². The Morgan fingerprint density at radius 3 is 1.82 bits per heavy atom. The fourth-order valence-corrected chi connectivity index (χ4v) is 17.5. The van der Waals surface area contributed by atoms with Crippen LogP contribution in [0.1, 0.15) is 126 Å². The van der Waals surface area contributed by atoms with Crippen LogP contribution in [0.4, 0.5) is 20.2 Å². The molecule has 8 aliphatic carbocycles. The number of nitrogens with zero attached hydrogens (tertiary/aromatic N) is 1. The molecule has 0 bridgehead atoms. The number of halogens is 2. The molecule has 14 heteroatoms. The van der Waals surface area contributed by atoms with Crippen molar-refractivity contribution >= 4 is 28.7 Å². The summed E-state index contributed by atoms with van der Waals surface area (Å²) in [6, 6.07) is 15.7. The van der Waals surface area contributed by atoms with Gasteiger partial charge in [-0.3, -0.25) is 9.59 Å². The molecule has 6 saturated carbocycles. The van der Waals surface area contributed by atoms with Crippen molar-refractivity contribution in [3.63, 3.8) is 0 Å². The Labute approximate surface area is 456 Å². The normalized spacial score (nSPS) is 44.9. The van der Waals surface area contributed by atoms with Crippen molar-refractivity contribution in [1.82, 2.24) is 0 Å². The lowest BCUT2D eigenvalue weighted by Crippen LogP contribution is -2.71. The van der Waals surface area contributed by atoms with Crippen molar-refractivity contribution in [2.45, 2.75) is 170 Å². The standard InChI is InChI=1S/C29H36FNO4.C24H31FO6.C7H9N.3CH4/c1-17-7-5-6-8-23(17)31-20-11-12-26(3)19(14-20)9-10-21-22-13-18(2)29(35,25(34)16-32)27(22,4)15-24(33)28(21,26)30;1-14-8-18-17-5-4-15-9-16(26)6-7-20(15,2)23(17,25)19(27)10-21(18,3)24(14)22(30-13-31-24)11-28-12-29-22;1-6-4-2-3-5-7(6)8;;;/h5-8,11-12,14,18,21-22,24,32-33,35H,9-10,13,15-16H2,1-4H3;6-7,9,14,17-19,27H,4-5,8,10-13H2,1-3H3;2-5H,8H2,1H3;3*1H4/t18-,21+,22+,24+,26+,27+,28+,29+;14-,17+,18+,19+,20+,21+,22?,23+,24-;;;;/m11..../s1. The number of aliphatic hydroxyl groups excluding tert-OH is 3. The van der Waals surface area contributed by atoms with E-state index in [4.69, 9.17) is 29.7 Å². The molecular weight excluding hydrogens is 983 g/mol. The number of aliphatic imine (C=N–C) groups is 1. The third-order valence-corrected chi connectivity index (χ3v) is 21.3. The summed E-state index contributed by atoms with van der Waals surface area (Å²) in [5.41, 5.74) is 2.06. The Hall–Kier alpha value is -4.25. The Morgan fingerprint density at radius 2 is 1.26 bits per heavy atom. The Morgan fingerprint density at radius 1 is 0.727 bits per heavy atom. The number of nitrogen functional groups attached to an aromatic ring is 1. The number of anilines is 1. The van der Waals surface area contributed by atoms with E-state index in [1.54, 1.807) is 26.0 Å². The molecule has 2 saturated heterocycles. The molecule has 10 aliphatic rings. The van der Waals surface area contributed by atoms with Gasteiger partial charge >= 0.3 is 0 Å². The van der Waals surface area contributed by atoms with Crippen LogP contribution < -0.4 is 5.73 Å². The highest BCUT2D eigenvalue weighted by molar-refractivity contribution is 6.07. The number of aryl methyl sites for hydroxylation is 2. The summed E-state index contributed by atoms with van der Waals surface area (Å²) in [5.74, 6) is -3.29. The minimum absolute atomic E-state index is 0. The fourth-order valence-electron chi connectivity index (χ4n) is 17.5. The smallest absolute Gasteiger partial charge is 0.227 e. The van der Waals surface area contributed by atoms with Gasteiger partial charge in [0.2, 0.25) is 5.79 Å². The molecule has 8 fully saturated rings. The van der Waals surface area contributed by atoms with Gasteiger partial charge < -0.3 is 45.1 Å². The number of nitrogens with two attached hydrogens (primary N) is 1. The number of Topliss-reactive ketones (excluding diaryl/α,β-unsaturated/α-hetero) is 1. The van der Waals surface area contributed by atoms with Crippen LogP contribution in [0.5, 0.6) is 0 Å². The molecule has 12 rings (SSSR count). The number of alkyl halides is 2. The molecule has 12 nitrogen and oxygen atoms in total. The van der Waals surface area contributed by atoms with Crippen molar-refractivity contribution < 1.29 is 57.7 Å². The van der Waals surface area contributed by atoms with Crippen molar-refractivity contribution in [2.24, 2.45) is 62.2 Å². The van der Waals surface area contributed by atoms with Crippen LogP contribution in [-0.4, -0.2) is 105 Å². The van der Waals surface area contributed by atoms with Gasteiger partial charge in [0.05, 0.1) is 23.6 Å². The maximum Gasteiger partial charge on any atom is 0.227 e. The van der Waals surface area contributed by atoms with Crippen LogP contribution in [0.2, 0.25) is 0 Å². The van der Waals surface area contributed by atoms with Crippen LogP contribution in [0.15, 0.2) is 101 Å². The maximum absolute atomic E-state index is 17.4. The van der Waals surface area contributed by atoms with Gasteiger partial charge in [-0.25, -0.2) is 13.8 Å². The van der Waals surface area contributed by atoms with E-state index in [0.717, 1.165) is 45.8 Å². The number of ether oxygens (including phenoxy) is 4. The third kappa shape index (κ3) is 8.09. The molecule has 0 radical (unpaired) electrons. The second kappa shape index (κ2) is 20.7. The highest BCUT2D eigenvalue weighted by Gasteiger charge is 2.82. The van der Waals surface area contributed by atoms with Gasteiger partial charge in [-0.15, -0.1) is 0 Å². The van der Waals surface area contributed by atoms with Gasteiger partial charge in [-0.2, -0.15) is 0 Å². The molecule has 0 aromatic heterocycles. The molecule has 2 aromatic rings. The van der Waals surface area contributed by atoms with Crippen molar-refractivity contribution in [2.75, 3.05) is 32.5 Å². The fraction of sp³-hybridized carbons (Fsp3) is 0.635. The van der Waals surface area contributed by atoms with E-state index < -0.39 is 86.4 Å². The van der Waals surface area contributed by atoms with Crippen LogP contribution in [0, 0.1) is 71.0 Å². The number of fused-ring (bicyclic) bond motifs is 12. The molecule has 17 atom stereocenters. The van der Waals surface area contributed by atoms with E-state index in [-0.39, 0.29) is 84.8 Å². The summed E-state index contributed by atoms with van der Waals surface area (Å²) in [6.45, 7) is 15.3. The number of para-hydroxylation sites is 2. The summed E-state index contributed by atoms with van der Waals surface area (Å²) in [5, 5.41) is 44.1. The van der Waals surface area contributed by atoms with Crippen molar-refractivity contribution in [1.29, 1.82) is 0 Å². The highest BCUT2D eigenvalue weighted by atomic mass is 19.1. The minimum Gasteiger partial charge on any atom is -0.399 e. The number of carbonyl (C=O) groups is 2. The summed E-state index contributed by atoms with van der Waals surface area (Å²) in [6.07, 6.45) is 11.8. The molecule has 6 N–H and O–H groups in total. The monoisotopic (exact) mass is 1070 g/mol. The summed E-state index contributed by atoms with van der Waals surface area (Å²) in [4.78, 5) is 29.5. The number of allylic oxidation sites excluding steroid dienone is 8. The van der Waals surface area contributed by atoms with Gasteiger partial charge in [0.25, 0.3) is 0 Å². The first-order valence-electron chi connectivity index (χ1n) is 26.8. The zero-order chi connectivity index (χ0) is 53.2. The van der Waals surface area contributed by atoms with Crippen LogP contribution >= 0.6 is 0 Å². The van der Waals surface area contributed by atoms with Gasteiger partial charge in [-0.1, -0.05) is 110 Å². The van der Waals surface area contributed by atoms with Crippen LogP contribution in [0.25, 0.3) is 0 Å². The molecule has 2 spiro atoms. The van der Waals surface area contributed by atoms with Gasteiger partial charge in [0.15, 0.2) is 36.5 Å². The maximum atomic E-state index is 17.4. The summed E-state index contributed by atoms with van der Waals surface area (Å²) in [7, 11) is 0. The molecule has 2 aromatic carbocycles. The number of aliphatic hydroxyl groups is 4. The number of ketones is 2. The number of rotatable bonds is 3. The van der Waals surface area contributed by atoms with E-state index >= 15 is 8.78 Å². The van der Waals surface area contributed by atoms with E-state index in [0.29, 0.717) is 32.1 Å². The highest BCUT2D eigenvalue weighted by Crippen LogP contribution is 2.75. The molecule has 2 aliphatic heterocycles. The summed E-state index contributed by atoms with van der Waals surface area (Å²) < 4.78 is 58.7. The second-order valence-corrected chi connectivity index (χ2v) is 24.4. The van der Waals surface area contributed by atoms with Gasteiger partial charge in [0, 0.05) is 39.2 Å². The van der Waals surface area contributed by atoms with E-state index in [1.807, 2.05) is 94.5 Å². The number of carbonyl (C=O) groups excluding carboxylic acids is 2. The average molecular weight is 1070 g/mol. The Kier molecular flexibility index (Phi) is 16.2. The second-order valence-electron chi connectivity index (χ2n) is 24.4. The molecule has 77 heavy (non-hydrogen) atoms. The molecule has 2 heterocycles. The first kappa shape index (κ1) is 60.4. The number of hydrogen-bond donors (Lipinski definition) is 5. The predicted molar refractivity (Wildman–Crippen MR) is 296 cm³/mol. The van der Waals surface area contributed by atoms with Crippen LogP contribution in [-0.2, 0) is 28.5 Å². The first-order valence-corrected chi connectivity index (χ1v) is 26.8. The Bertz CT molecular complexity index is 2730. The average Bonchev–Trinajstić information content (AvgIpc) is 4.15. The quantitative estimate of drug-likeness (QED) is 0.184. The molecule has 424 valence electrons. The SMILES string of the molecule is C.C.C.C[C@@H]1C[C@H]2[C@@H]3CCC4=CC(=O)C=C[C@]4(C)[C@@]3(F)[C@@H](O)C[C@]2(C)[C@]12OCOC21COCO1.Cc1ccccc1N.Cc1ccccc1N=C1C=C[C@@]2(C)C(=C1)CC[C@H]1[C@@H]3C[C@@H](C)[C@](O)(C(=O)CO)[C@@]3(C)C[C@H](O)[C@@]12F. The lowest BCUT2D eigenvalue weighted by molar-refractivity contribution is -0.277. The first-order chi connectivity index (χ1) is 34.9. The van der Waals surface area contributed by atoms with Crippen molar-refractivity contribution in [3.8, 4) is 0 Å². The number of benzene rings is 2. The van der Waals surface area contributed by atoms with Gasteiger partial charge in [0.1, 0.15) is 24.4 Å². The minimum atomic E-state index is -1.93. The van der Waals surface area contributed by atoms with E-state index in [9.17, 15) is 30.0 Å². The largest absolute Gasteiger partial charge is 0.399 e. The molecule has 1 unspecified atom stereocenters. The lowest BCUT2D eigenvalue weighted by Gasteiger charge is -2.63. The zero-order valence-electron chi connectivity index (χ0n) is 44.2. The van der Waals surface area contributed by atoms with Crippen LogP contribution in [0.3, 0.4) is 0 Å². The molecular formula is C63H88F2N2O10. The Balaban J connectivity index is 0.000000190. The number of hydrogen-bond acceptors (Lipinski definition) is 12. The lowest BCUT2D eigenvalue weighted by atomic mass is 9.44. The molecule has 0 amide bonds. The predicted octanol–water partition coefficient (Wildman–Crippen LogP) is 10.9. The van der Waals surface area contributed by atoms with Gasteiger partial charge in [-0.05, 0) is 150 Å². The van der Waals surface area contributed by atoms with E-state index in [1.165, 1.54) is 6.08 Å². The zero-order valence-corrected chi connectivity index (χ0v) is 44.2. The van der Waals surface area contributed by atoms with Crippen molar-refractivity contribution in [3.05, 3.63) is 107 Å². The van der Waals surface area contributed by atoms with E-state index in [2.05, 4.69) is 13.8 Å². The third-order valence-electron chi connectivity index (χ3n) is 21.3.